The first kappa shape index (κ1) is 17.3. The third-order valence-electron chi connectivity index (χ3n) is 2.91. The highest BCUT2D eigenvalue weighted by Gasteiger charge is 2.29. The van der Waals surface area contributed by atoms with E-state index in [2.05, 4.69) is 0 Å². The quantitative estimate of drug-likeness (QED) is 0.794. The predicted molar refractivity (Wildman–Crippen MR) is 83.1 cm³/mol. The summed E-state index contributed by atoms with van der Waals surface area (Å²) in [6, 6.07) is 5.82. The van der Waals surface area contributed by atoms with Crippen molar-refractivity contribution in [3.63, 3.8) is 0 Å². The standard InChI is InChI=1S/C14H22N2O4S/c1-6-20-13-9-7-12(8-10-13)16(21(5,18)19)11(2)14(17)15(3)4/h7-11H,6H2,1-5H3/t11-/m1/s1. The molecule has 6 nitrogen and oxygen atoms in total. The molecule has 0 unspecified atom stereocenters. The molecule has 0 bridgehead atoms. The molecule has 0 radical (unpaired) electrons. The Hall–Kier alpha value is -1.76. The first-order chi connectivity index (χ1) is 9.68. The van der Waals surface area contributed by atoms with Crippen molar-refractivity contribution >= 4 is 21.6 Å². The lowest BCUT2D eigenvalue weighted by Gasteiger charge is -2.30. The molecule has 1 rings (SSSR count). The highest BCUT2D eigenvalue weighted by molar-refractivity contribution is 7.92. The van der Waals surface area contributed by atoms with E-state index in [1.165, 1.54) is 4.90 Å². The van der Waals surface area contributed by atoms with Crippen molar-refractivity contribution < 1.29 is 17.9 Å². The second-order valence-corrected chi connectivity index (χ2v) is 6.75. The summed E-state index contributed by atoms with van der Waals surface area (Å²) < 4.78 is 30.5. The Kier molecular flexibility index (Phi) is 5.60. The molecule has 0 aliphatic carbocycles. The van der Waals surface area contributed by atoms with Crippen LogP contribution in [0.1, 0.15) is 13.8 Å². The van der Waals surface area contributed by atoms with E-state index in [1.807, 2.05) is 6.92 Å². The number of carbonyl (C=O) groups excluding carboxylic acids is 1. The van der Waals surface area contributed by atoms with Gasteiger partial charge in [-0.05, 0) is 38.1 Å². The third kappa shape index (κ3) is 4.35. The Bertz CT molecular complexity index is 581. The molecule has 0 saturated heterocycles. The molecule has 0 spiro atoms. The summed E-state index contributed by atoms with van der Waals surface area (Å²) in [7, 11) is -0.386. The fourth-order valence-corrected chi connectivity index (χ4v) is 3.20. The number of rotatable bonds is 6. The lowest BCUT2D eigenvalue weighted by atomic mass is 10.2. The van der Waals surface area contributed by atoms with Gasteiger partial charge in [0.25, 0.3) is 0 Å². The fraction of sp³-hybridized carbons (Fsp3) is 0.500. The van der Waals surface area contributed by atoms with Crippen LogP contribution in [0.25, 0.3) is 0 Å². The number of carbonyl (C=O) groups is 1. The molecule has 0 aliphatic rings. The molecule has 1 atom stereocenters. The Balaban J connectivity index is 3.18. The summed E-state index contributed by atoms with van der Waals surface area (Å²) in [5.41, 5.74) is 0.434. The van der Waals surface area contributed by atoms with Crippen LogP contribution in [0.2, 0.25) is 0 Å². The van der Waals surface area contributed by atoms with Crippen molar-refractivity contribution in [1.29, 1.82) is 0 Å². The minimum Gasteiger partial charge on any atom is -0.494 e. The lowest BCUT2D eigenvalue weighted by molar-refractivity contribution is -0.129. The van der Waals surface area contributed by atoms with Crippen molar-refractivity contribution in [2.45, 2.75) is 19.9 Å². The Morgan fingerprint density at radius 2 is 1.76 bits per heavy atom. The molecule has 0 aromatic heterocycles. The second kappa shape index (κ2) is 6.80. The number of amides is 1. The van der Waals surface area contributed by atoms with Crippen molar-refractivity contribution in [3.05, 3.63) is 24.3 Å². The average molecular weight is 314 g/mol. The average Bonchev–Trinajstić information content (AvgIpc) is 2.38. The van der Waals surface area contributed by atoms with Gasteiger partial charge in [0, 0.05) is 14.1 Å². The molecule has 118 valence electrons. The number of ether oxygens (including phenoxy) is 1. The lowest BCUT2D eigenvalue weighted by Crippen LogP contribution is -2.47. The van der Waals surface area contributed by atoms with E-state index in [0.29, 0.717) is 18.0 Å². The zero-order valence-electron chi connectivity index (χ0n) is 13.0. The number of nitrogens with zero attached hydrogens (tertiary/aromatic N) is 2. The van der Waals surface area contributed by atoms with Gasteiger partial charge in [-0.25, -0.2) is 8.42 Å². The van der Waals surface area contributed by atoms with Crippen molar-refractivity contribution in [2.75, 3.05) is 31.3 Å². The van der Waals surface area contributed by atoms with E-state index in [-0.39, 0.29) is 5.91 Å². The van der Waals surface area contributed by atoms with Crippen molar-refractivity contribution in [3.8, 4) is 5.75 Å². The van der Waals surface area contributed by atoms with Gasteiger partial charge in [0.1, 0.15) is 11.8 Å². The third-order valence-corrected chi connectivity index (χ3v) is 4.15. The maximum atomic E-state index is 12.1. The maximum Gasteiger partial charge on any atom is 0.245 e. The molecule has 21 heavy (non-hydrogen) atoms. The summed E-state index contributed by atoms with van der Waals surface area (Å²) in [4.78, 5) is 13.4. The number of anilines is 1. The van der Waals surface area contributed by atoms with Gasteiger partial charge in [-0.1, -0.05) is 0 Å². The Morgan fingerprint density at radius 3 is 2.14 bits per heavy atom. The fourth-order valence-electron chi connectivity index (χ4n) is 2.03. The molecule has 1 amide bonds. The SMILES string of the molecule is CCOc1ccc(N([C@H](C)C(=O)N(C)C)S(C)(=O)=O)cc1. The van der Waals surface area contributed by atoms with Gasteiger partial charge < -0.3 is 9.64 Å². The van der Waals surface area contributed by atoms with Gasteiger partial charge in [-0.3, -0.25) is 9.10 Å². The van der Waals surface area contributed by atoms with E-state index < -0.39 is 16.1 Å². The highest BCUT2D eigenvalue weighted by Crippen LogP contribution is 2.24. The van der Waals surface area contributed by atoms with Gasteiger partial charge in [-0.2, -0.15) is 0 Å². The van der Waals surface area contributed by atoms with Gasteiger partial charge >= 0.3 is 0 Å². The largest absolute Gasteiger partial charge is 0.494 e. The summed E-state index contributed by atoms with van der Waals surface area (Å²) >= 11 is 0. The van der Waals surface area contributed by atoms with Crippen LogP contribution < -0.4 is 9.04 Å². The van der Waals surface area contributed by atoms with Crippen LogP contribution in [0.15, 0.2) is 24.3 Å². The van der Waals surface area contributed by atoms with Crippen LogP contribution in [0.5, 0.6) is 5.75 Å². The molecule has 0 fully saturated rings. The summed E-state index contributed by atoms with van der Waals surface area (Å²) in [6.45, 7) is 3.97. The van der Waals surface area contributed by atoms with Crippen LogP contribution in [-0.4, -0.2) is 52.2 Å². The maximum absolute atomic E-state index is 12.1. The number of hydrogen-bond acceptors (Lipinski definition) is 4. The molecule has 0 saturated carbocycles. The minimum atomic E-state index is -3.58. The first-order valence-electron chi connectivity index (χ1n) is 6.62. The van der Waals surface area contributed by atoms with Crippen LogP contribution in [0.4, 0.5) is 5.69 Å². The molecule has 1 aromatic carbocycles. The van der Waals surface area contributed by atoms with Crippen LogP contribution >= 0.6 is 0 Å². The zero-order valence-corrected chi connectivity index (χ0v) is 13.8. The Labute approximate surface area is 126 Å². The van der Waals surface area contributed by atoms with Crippen molar-refractivity contribution in [2.24, 2.45) is 0 Å². The molecule has 0 N–H and O–H groups in total. The van der Waals surface area contributed by atoms with Crippen LogP contribution in [0.3, 0.4) is 0 Å². The summed E-state index contributed by atoms with van der Waals surface area (Å²) in [5.74, 6) is 0.371. The minimum absolute atomic E-state index is 0.283. The molecule has 1 aromatic rings. The molecule has 7 heteroatoms. The number of sulfonamides is 1. The van der Waals surface area contributed by atoms with E-state index in [0.717, 1.165) is 10.6 Å². The van der Waals surface area contributed by atoms with Gasteiger partial charge in [-0.15, -0.1) is 0 Å². The molecular formula is C14H22N2O4S. The van der Waals surface area contributed by atoms with Gasteiger partial charge in [0.2, 0.25) is 15.9 Å². The predicted octanol–water partition coefficient (Wildman–Crippen LogP) is 1.33. The smallest absolute Gasteiger partial charge is 0.245 e. The summed E-state index contributed by atoms with van der Waals surface area (Å²) in [5, 5.41) is 0. The van der Waals surface area contributed by atoms with Crippen LogP contribution in [-0.2, 0) is 14.8 Å². The number of hydrogen-bond donors (Lipinski definition) is 0. The number of likely N-dealkylation sites (N-methyl/N-ethyl adjacent to an activating group) is 1. The van der Waals surface area contributed by atoms with E-state index in [9.17, 15) is 13.2 Å². The topological polar surface area (TPSA) is 66.9 Å². The molecule has 0 heterocycles. The number of benzene rings is 1. The zero-order chi connectivity index (χ0) is 16.2. The van der Waals surface area contributed by atoms with E-state index in [1.54, 1.807) is 45.3 Å². The summed E-state index contributed by atoms with van der Waals surface area (Å²) in [6.07, 6.45) is 1.09. The van der Waals surface area contributed by atoms with E-state index in [4.69, 9.17) is 4.74 Å². The van der Waals surface area contributed by atoms with Crippen LogP contribution in [0, 0.1) is 0 Å². The molecule has 0 aliphatic heterocycles. The highest BCUT2D eigenvalue weighted by atomic mass is 32.2. The normalized spacial score (nSPS) is 12.6. The van der Waals surface area contributed by atoms with Crippen molar-refractivity contribution in [1.82, 2.24) is 4.90 Å². The second-order valence-electron chi connectivity index (χ2n) is 4.89. The Morgan fingerprint density at radius 1 is 1.24 bits per heavy atom. The van der Waals surface area contributed by atoms with Gasteiger partial charge in [0.15, 0.2) is 0 Å². The van der Waals surface area contributed by atoms with Gasteiger partial charge in [0.05, 0.1) is 18.6 Å². The van der Waals surface area contributed by atoms with E-state index >= 15 is 0 Å². The monoisotopic (exact) mass is 314 g/mol. The molecular weight excluding hydrogens is 292 g/mol. The first-order valence-corrected chi connectivity index (χ1v) is 8.46.